The first-order valence-corrected chi connectivity index (χ1v) is 5.90. The third-order valence-electron chi connectivity index (χ3n) is 2.55. The normalized spacial score (nSPS) is 17.9. The zero-order chi connectivity index (χ0) is 10.8. The zero-order valence-electron chi connectivity index (χ0n) is 8.13. The number of aromatic nitrogens is 2. The third-order valence-corrected chi connectivity index (χ3v) is 3.60. The van der Waals surface area contributed by atoms with Crippen molar-refractivity contribution in [3.05, 3.63) is 16.3 Å². The number of hydrogen-bond donors (Lipinski definition) is 1. The summed E-state index contributed by atoms with van der Waals surface area (Å²) in [5, 5.41) is 14.6. The molecule has 0 aromatic carbocycles. The first kappa shape index (κ1) is 10.3. The van der Waals surface area contributed by atoms with Crippen molar-refractivity contribution in [2.45, 2.75) is 18.9 Å². The number of nitrogens with two attached hydrogens (primary N) is 1. The fourth-order valence-electron chi connectivity index (χ4n) is 1.72. The molecule has 0 unspecified atom stereocenters. The van der Waals surface area contributed by atoms with E-state index in [0.29, 0.717) is 0 Å². The number of rotatable bonds is 2. The molecule has 0 radical (unpaired) electrons. The molecule has 0 spiro atoms. The molecule has 0 aliphatic carbocycles. The number of thioether (sulfide) groups is 1. The van der Waals surface area contributed by atoms with Gasteiger partial charge in [0.15, 0.2) is 0 Å². The maximum absolute atomic E-state index is 10.6. The Kier molecular flexibility index (Phi) is 2.81. The van der Waals surface area contributed by atoms with E-state index in [9.17, 15) is 10.1 Å². The average molecular weight is 228 g/mol. The lowest BCUT2D eigenvalue weighted by molar-refractivity contribution is -0.384. The van der Waals surface area contributed by atoms with E-state index in [1.54, 1.807) is 4.68 Å². The zero-order valence-corrected chi connectivity index (χ0v) is 8.94. The molecule has 2 rings (SSSR count). The van der Waals surface area contributed by atoms with Gasteiger partial charge in [0, 0.05) is 0 Å². The van der Waals surface area contributed by atoms with Gasteiger partial charge in [0.2, 0.25) is 5.82 Å². The fraction of sp³-hybridized carbons (Fsp3) is 0.625. The second-order valence-electron chi connectivity index (χ2n) is 3.46. The molecule has 1 saturated heterocycles. The quantitative estimate of drug-likeness (QED) is 0.611. The smallest absolute Gasteiger partial charge is 0.330 e. The minimum atomic E-state index is -0.490. The Balaban J connectivity index is 2.24. The molecule has 1 aliphatic heterocycles. The van der Waals surface area contributed by atoms with Gasteiger partial charge in [-0.25, -0.2) is 4.68 Å². The van der Waals surface area contributed by atoms with Crippen LogP contribution in [0.25, 0.3) is 0 Å². The van der Waals surface area contributed by atoms with Crippen molar-refractivity contribution in [2.24, 2.45) is 0 Å². The molecule has 82 valence electrons. The molecule has 1 fully saturated rings. The summed E-state index contributed by atoms with van der Waals surface area (Å²) in [6.45, 7) is 0. The Labute approximate surface area is 91.0 Å². The standard InChI is InChI=1S/C8H12N4O2S/c9-8-7(12(13)14)5-10-11(8)6-1-3-15-4-2-6/h5-6H,1-4,9H2. The van der Waals surface area contributed by atoms with Crippen molar-refractivity contribution >= 4 is 23.3 Å². The Bertz CT molecular complexity index is 373. The molecule has 0 bridgehead atoms. The van der Waals surface area contributed by atoms with Crippen LogP contribution < -0.4 is 5.73 Å². The van der Waals surface area contributed by atoms with E-state index < -0.39 is 4.92 Å². The third kappa shape index (κ3) is 1.92. The minimum absolute atomic E-state index is 0.0896. The van der Waals surface area contributed by atoms with Crippen LogP contribution in [0.1, 0.15) is 18.9 Å². The highest BCUT2D eigenvalue weighted by Crippen LogP contribution is 2.31. The van der Waals surface area contributed by atoms with E-state index in [4.69, 9.17) is 5.73 Å². The number of nitrogen functional groups attached to an aromatic ring is 1. The van der Waals surface area contributed by atoms with Gasteiger partial charge in [-0.2, -0.15) is 16.9 Å². The maximum Gasteiger partial charge on any atom is 0.330 e. The molecule has 2 N–H and O–H groups in total. The van der Waals surface area contributed by atoms with Crippen molar-refractivity contribution in [3.8, 4) is 0 Å². The van der Waals surface area contributed by atoms with Crippen LogP contribution in [-0.4, -0.2) is 26.2 Å². The van der Waals surface area contributed by atoms with E-state index in [0.717, 1.165) is 24.3 Å². The SMILES string of the molecule is Nc1c([N+](=O)[O-])cnn1C1CCSCC1. The highest BCUT2D eigenvalue weighted by molar-refractivity contribution is 7.99. The summed E-state index contributed by atoms with van der Waals surface area (Å²) in [5.41, 5.74) is 5.60. The van der Waals surface area contributed by atoms with Crippen LogP contribution in [0, 0.1) is 10.1 Å². The number of hydrogen-bond acceptors (Lipinski definition) is 5. The molecular formula is C8H12N4O2S. The fourth-order valence-corrected chi connectivity index (χ4v) is 2.81. The van der Waals surface area contributed by atoms with E-state index in [2.05, 4.69) is 5.10 Å². The van der Waals surface area contributed by atoms with Crippen molar-refractivity contribution in [1.29, 1.82) is 0 Å². The molecule has 6 nitrogen and oxygen atoms in total. The summed E-state index contributed by atoms with van der Waals surface area (Å²) in [6, 6.07) is 0.222. The number of nitrogens with zero attached hydrogens (tertiary/aromatic N) is 3. The lowest BCUT2D eigenvalue weighted by Gasteiger charge is -2.22. The molecule has 0 saturated carbocycles. The van der Waals surface area contributed by atoms with Crippen LogP contribution in [0.15, 0.2) is 6.20 Å². The van der Waals surface area contributed by atoms with Crippen LogP contribution in [0.2, 0.25) is 0 Å². The number of nitro groups is 1. The molecule has 0 atom stereocenters. The Hall–Kier alpha value is -1.24. The van der Waals surface area contributed by atoms with E-state index in [1.165, 1.54) is 6.20 Å². The van der Waals surface area contributed by atoms with Crippen LogP contribution in [0.5, 0.6) is 0 Å². The second-order valence-corrected chi connectivity index (χ2v) is 4.69. The van der Waals surface area contributed by atoms with Gasteiger partial charge >= 0.3 is 5.69 Å². The second kappa shape index (κ2) is 4.09. The van der Waals surface area contributed by atoms with Gasteiger partial charge in [0.1, 0.15) is 6.20 Å². The van der Waals surface area contributed by atoms with E-state index in [1.807, 2.05) is 11.8 Å². The molecule has 2 heterocycles. The van der Waals surface area contributed by atoms with Crippen molar-refractivity contribution in [3.63, 3.8) is 0 Å². The molecule has 1 aromatic heterocycles. The van der Waals surface area contributed by atoms with Crippen LogP contribution in [0.4, 0.5) is 11.5 Å². The first-order chi connectivity index (χ1) is 7.20. The van der Waals surface area contributed by atoms with Crippen LogP contribution >= 0.6 is 11.8 Å². The molecule has 0 amide bonds. The summed E-state index contributed by atoms with van der Waals surface area (Å²) in [6.07, 6.45) is 3.19. The topological polar surface area (TPSA) is 87.0 Å². The highest BCUT2D eigenvalue weighted by atomic mass is 32.2. The van der Waals surface area contributed by atoms with Crippen molar-refractivity contribution in [2.75, 3.05) is 17.2 Å². The Morgan fingerprint density at radius 3 is 2.80 bits per heavy atom. The number of anilines is 1. The minimum Gasteiger partial charge on any atom is -0.378 e. The largest absolute Gasteiger partial charge is 0.378 e. The lowest BCUT2D eigenvalue weighted by atomic mass is 10.1. The molecule has 1 aliphatic rings. The van der Waals surface area contributed by atoms with Crippen molar-refractivity contribution in [1.82, 2.24) is 9.78 Å². The van der Waals surface area contributed by atoms with Crippen molar-refractivity contribution < 1.29 is 4.92 Å². The monoisotopic (exact) mass is 228 g/mol. The molecule has 7 heteroatoms. The van der Waals surface area contributed by atoms with Gasteiger partial charge in [-0.05, 0) is 24.3 Å². The van der Waals surface area contributed by atoms with E-state index >= 15 is 0 Å². The summed E-state index contributed by atoms with van der Waals surface area (Å²) >= 11 is 1.90. The first-order valence-electron chi connectivity index (χ1n) is 4.75. The van der Waals surface area contributed by atoms with Gasteiger partial charge in [0.25, 0.3) is 0 Å². The summed E-state index contributed by atoms with van der Waals surface area (Å²) in [7, 11) is 0. The molecule has 15 heavy (non-hydrogen) atoms. The highest BCUT2D eigenvalue weighted by Gasteiger charge is 2.24. The van der Waals surface area contributed by atoms with Gasteiger partial charge in [-0.15, -0.1) is 0 Å². The van der Waals surface area contributed by atoms with Gasteiger partial charge in [0.05, 0.1) is 11.0 Å². The Morgan fingerprint density at radius 1 is 1.60 bits per heavy atom. The van der Waals surface area contributed by atoms with Crippen LogP contribution in [-0.2, 0) is 0 Å². The summed E-state index contributed by atoms with van der Waals surface area (Å²) < 4.78 is 1.60. The van der Waals surface area contributed by atoms with Gasteiger partial charge in [-0.1, -0.05) is 0 Å². The molecular weight excluding hydrogens is 216 g/mol. The predicted octanol–water partition coefficient (Wildman–Crippen LogP) is 1.44. The average Bonchev–Trinajstić information content (AvgIpc) is 2.61. The summed E-state index contributed by atoms with van der Waals surface area (Å²) in [4.78, 5) is 10.1. The Morgan fingerprint density at radius 2 is 2.27 bits per heavy atom. The van der Waals surface area contributed by atoms with E-state index in [-0.39, 0.29) is 17.5 Å². The van der Waals surface area contributed by atoms with Gasteiger partial charge < -0.3 is 5.73 Å². The van der Waals surface area contributed by atoms with Crippen LogP contribution in [0.3, 0.4) is 0 Å². The summed E-state index contributed by atoms with van der Waals surface area (Å²) in [5.74, 6) is 2.31. The molecule has 1 aromatic rings. The maximum atomic E-state index is 10.6. The van der Waals surface area contributed by atoms with Gasteiger partial charge in [-0.3, -0.25) is 10.1 Å². The predicted molar refractivity (Wildman–Crippen MR) is 58.9 cm³/mol. The lowest BCUT2D eigenvalue weighted by Crippen LogP contribution is -2.18.